The van der Waals surface area contributed by atoms with Crippen molar-refractivity contribution in [3.63, 3.8) is 0 Å². The van der Waals surface area contributed by atoms with Crippen molar-refractivity contribution >= 4 is 17.7 Å². The molecule has 0 aliphatic heterocycles. The maximum absolute atomic E-state index is 12.1. The zero-order chi connectivity index (χ0) is 36.0. The molecule has 0 bridgehead atoms. The number of carbonyl (C=O) groups is 3. The van der Waals surface area contributed by atoms with E-state index in [1.54, 1.807) is 0 Å². The molecule has 0 aromatic carbocycles. The smallest absolute Gasteiger partial charge is 0.223 e. The van der Waals surface area contributed by atoms with Crippen LogP contribution in [0.3, 0.4) is 0 Å². The molecule has 270 valence electrons. The fraction of sp³-hybridized carbons (Fsp3) is 0.780. The van der Waals surface area contributed by atoms with Gasteiger partial charge in [-0.2, -0.15) is 0 Å². The van der Waals surface area contributed by atoms with E-state index >= 15 is 0 Å². The third-order valence-electron chi connectivity index (χ3n) is 8.98. The van der Waals surface area contributed by atoms with Gasteiger partial charge in [-0.05, 0) is 131 Å². The Hall–Kier alpha value is -2.37. The summed E-state index contributed by atoms with van der Waals surface area (Å²) in [6.45, 7) is 31.7. The minimum absolute atomic E-state index is 0.117. The van der Waals surface area contributed by atoms with Crippen molar-refractivity contribution in [2.45, 2.75) is 163 Å². The Morgan fingerprint density at radius 1 is 0.596 bits per heavy atom. The van der Waals surface area contributed by atoms with E-state index in [2.05, 4.69) is 42.6 Å². The first-order valence-corrected chi connectivity index (χ1v) is 18.5. The quantitative estimate of drug-likeness (QED) is 0.154. The summed E-state index contributed by atoms with van der Waals surface area (Å²) in [6.07, 6.45) is 18.9. The molecule has 0 saturated heterocycles. The zero-order valence-corrected chi connectivity index (χ0v) is 32.1. The second-order valence-electron chi connectivity index (χ2n) is 17.8. The third kappa shape index (κ3) is 20.6. The molecular formula is C41H73N3O3. The predicted molar refractivity (Wildman–Crippen MR) is 200 cm³/mol. The molecule has 3 aliphatic rings. The average Bonchev–Trinajstić information content (AvgIpc) is 3.81. The molecule has 5 unspecified atom stereocenters. The monoisotopic (exact) mass is 656 g/mol. The topological polar surface area (TPSA) is 87.3 Å². The van der Waals surface area contributed by atoms with Crippen molar-refractivity contribution in [3.05, 3.63) is 38.0 Å². The Morgan fingerprint density at radius 3 is 1.11 bits per heavy atom. The first-order valence-electron chi connectivity index (χ1n) is 18.5. The Bertz CT molecular complexity index is 960. The molecule has 6 nitrogen and oxygen atoms in total. The zero-order valence-electron chi connectivity index (χ0n) is 32.1. The van der Waals surface area contributed by atoms with Crippen LogP contribution < -0.4 is 16.0 Å². The van der Waals surface area contributed by atoms with Gasteiger partial charge in [-0.3, -0.25) is 14.4 Å². The van der Waals surface area contributed by atoms with Crippen molar-refractivity contribution < 1.29 is 14.4 Å². The van der Waals surface area contributed by atoms with Crippen LogP contribution in [0.5, 0.6) is 0 Å². The summed E-state index contributed by atoms with van der Waals surface area (Å²) in [5.74, 6) is 4.09. The second-order valence-corrected chi connectivity index (χ2v) is 17.8. The van der Waals surface area contributed by atoms with E-state index in [1.807, 2.05) is 80.5 Å². The predicted octanol–water partition coefficient (Wildman–Crippen LogP) is 9.32. The minimum atomic E-state index is -0.133. The fourth-order valence-corrected chi connectivity index (χ4v) is 5.93. The largest absolute Gasteiger partial charge is 0.351 e. The number of amides is 3. The summed E-state index contributed by atoms with van der Waals surface area (Å²) in [4.78, 5) is 36.1. The van der Waals surface area contributed by atoms with E-state index in [4.69, 9.17) is 0 Å². The number of rotatable bonds is 15. The molecule has 6 heteroatoms. The molecule has 0 aromatic heterocycles. The highest BCUT2D eigenvalue weighted by molar-refractivity contribution is 5.80. The summed E-state index contributed by atoms with van der Waals surface area (Å²) in [7, 11) is 0. The van der Waals surface area contributed by atoms with E-state index in [1.165, 1.54) is 38.5 Å². The maximum Gasteiger partial charge on any atom is 0.223 e. The van der Waals surface area contributed by atoms with Crippen LogP contribution in [0.15, 0.2) is 38.0 Å². The third-order valence-corrected chi connectivity index (χ3v) is 8.98. The Kier molecular flexibility index (Phi) is 17.8. The van der Waals surface area contributed by atoms with E-state index in [0.29, 0.717) is 0 Å². The lowest BCUT2D eigenvalue weighted by atomic mass is 9.78. The first-order chi connectivity index (χ1) is 21.7. The van der Waals surface area contributed by atoms with Crippen molar-refractivity contribution in [3.8, 4) is 0 Å². The lowest BCUT2D eigenvalue weighted by Crippen LogP contribution is -2.44. The van der Waals surface area contributed by atoms with Gasteiger partial charge >= 0.3 is 0 Å². The second kappa shape index (κ2) is 19.6. The average molecular weight is 656 g/mol. The van der Waals surface area contributed by atoms with Crippen LogP contribution in [-0.4, -0.2) is 34.3 Å². The standard InChI is InChI=1S/2C14H25NO.C13H23NO/c1-6-7-11(9-12-8-10(12)2)13(16)15-14(3,4)5;1-5-7-12(10-11-8-6-9-11)13(16)15-14(2,3)4;1-5-6-11(9-10-7-8-10)12(15)14-13(2,3)4/h6,10-12H,1,7-9H2,2-5H3,(H,15,16);5,11-12H,1,6-10H2,2-4H3,(H,15,16);5,10-11H,1,6-9H2,2-4H3,(H,14,15). The van der Waals surface area contributed by atoms with Crippen LogP contribution in [0.25, 0.3) is 0 Å². The molecule has 3 amide bonds. The van der Waals surface area contributed by atoms with Gasteiger partial charge in [0.25, 0.3) is 0 Å². The molecule has 0 aromatic rings. The van der Waals surface area contributed by atoms with Gasteiger partial charge in [-0.1, -0.05) is 57.3 Å². The summed E-state index contributed by atoms with van der Waals surface area (Å²) >= 11 is 0. The summed E-state index contributed by atoms with van der Waals surface area (Å²) < 4.78 is 0. The van der Waals surface area contributed by atoms with Gasteiger partial charge in [0.05, 0.1) is 0 Å². The Balaban J connectivity index is 0.000000353. The molecule has 3 fully saturated rings. The molecule has 3 saturated carbocycles. The van der Waals surface area contributed by atoms with Crippen LogP contribution in [0.2, 0.25) is 0 Å². The highest BCUT2D eigenvalue weighted by Crippen LogP contribution is 2.43. The highest BCUT2D eigenvalue weighted by Gasteiger charge is 2.36. The van der Waals surface area contributed by atoms with E-state index < -0.39 is 0 Å². The summed E-state index contributed by atoms with van der Waals surface area (Å²) in [6, 6.07) is 0. The Labute approximate surface area is 289 Å². The van der Waals surface area contributed by atoms with Gasteiger partial charge < -0.3 is 16.0 Å². The molecule has 3 N–H and O–H groups in total. The Morgan fingerprint density at radius 2 is 0.894 bits per heavy atom. The lowest BCUT2D eigenvalue weighted by Gasteiger charge is -2.30. The van der Waals surface area contributed by atoms with E-state index in [-0.39, 0.29) is 52.1 Å². The normalized spacial score (nSPS) is 21.1. The van der Waals surface area contributed by atoms with Gasteiger partial charge in [0, 0.05) is 34.4 Å². The van der Waals surface area contributed by atoms with Gasteiger partial charge in [0.2, 0.25) is 17.7 Å². The molecule has 0 radical (unpaired) electrons. The maximum atomic E-state index is 12.1. The van der Waals surface area contributed by atoms with Crippen LogP contribution in [0.1, 0.15) is 146 Å². The van der Waals surface area contributed by atoms with E-state index in [0.717, 1.165) is 62.2 Å². The highest BCUT2D eigenvalue weighted by atomic mass is 16.2. The number of carbonyl (C=O) groups excluding carboxylic acids is 3. The van der Waals surface area contributed by atoms with Crippen molar-refractivity contribution in [1.82, 2.24) is 16.0 Å². The van der Waals surface area contributed by atoms with Gasteiger partial charge in [-0.25, -0.2) is 0 Å². The lowest BCUT2D eigenvalue weighted by molar-refractivity contribution is -0.127. The van der Waals surface area contributed by atoms with Gasteiger partial charge in [0.15, 0.2) is 0 Å². The molecular weight excluding hydrogens is 582 g/mol. The van der Waals surface area contributed by atoms with E-state index in [9.17, 15) is 14.4 Å². The first kappa shape index (κ1) is 42.7. The number of hydrogen-bond donors (Lipinski definition) is 3. The molecule has 3 rings (SSSR count). The van der Waals surface area contributed by atoms with Crippen LogP contribution in [0.4, 0.5) is 0 Å². The molecule has 3 aliphatic carbocycles. The number of hydrogen-bond acceptors (Lipinski definition) is 3. The molecule has 47 heavy (non-hydrogen) atoms. The molecule has 0 heterocycles. The molecule has 0 spiro atoms. The number of allylic oxidation sites excluding steroid dienone is 3. The van der Waals surface area contributed by atoms with Crippen LogP contribution >= 0.6 is 0 Å². The molecule has 5 atom stereocenters. The van der Waals surface area contributed by atoms with Crippen LogP contribution in [0, 0.1) is 41.4 Å². The van der Waals surface area contributed by atoms with Crippen molar-refractivity contribution in [2.24, 2.45) is 41.4 Å². The van der Waals surface area contributed by atoms with Crippen LogP contribution in [-0.2, 0) is 14.4 Å². The van der Waals surface area contributed by atoms with Gasteiger partial charge in [-0.15, -0.1) is 19.7 Å². The van der Waals surface area contributed by atoms with Gasteiger partial charge in [0.1, 0.15) is 0 Å². The minimum Gasteiger partial charge on any atom is -0.351 e. The van der Waals surface area contributed by atoms with Crippen molar-refractivity contribution in [2.75, 3.05) is 0 Å². The number of nitrogens with one attached hydrogen (secondary N) is 3. The van der Waals surface area contributed by atoms with Crippen molar-refractivity contribution in [1.29, 1.82) is 0 Å². The summed E-state index contributed by atoms with van der Waals surface area (Å²) in [5.41, 5.74) is -0.387. The fourth-order valence-electron chi connectivity index (χ4n) is 5.93. The SMILES string of the molecule is C=CCC(CC1CC1)C(=O)NC(C)(C)C.C=CCC(CC1CC1C)C(=O)NC(C)(C)C.C=CCC(CC1CCC1)C(=O)NC(C)(C)C. The summed E-state index contributed by atoms with van der Waals surface area (Å²) in [5, 5.41) is 9.19.